The minimum absolute atomic E-state index is 0.0103. The molecule has 0 aromatic heterocycles. The highest BCUT2D eigenvalue weighted by Crippen LogP contribution is 2.43. The lowest BCUT2D eigenvalue weighted by atomic mass is 10.1. The lowest BCUT2D eigenvalue weighted by Gasteiger charge is -2.20. The van der Waals surface area contributed by atoms with Crippen molar-refractivity contribution in [2.75, 3.05) is 26.4 Å². The second-order valence-corrected chi connectivity index (χ2v) is 15.0. The maximum Gasteiger partial charge on any atom is 0.472 e. The number of ether oxygens (including phenoxy) is 2. The van der Waals surface area contributed by atoms with Gasteiger partial charge in [0.1, 0.15) is 6.61 Å². The molecule has 316 valence electrons. The van der Waals surface area contributed by atoms with Gasteiger partial charge < -0.3 is 30.3 Å². The number of phosphoric acid groups is 1. The minimum Gasteiger partial charge on any atom is -0.462 e. The molecule has 12 heteroatoms. The van der Waals surface area contributed by atoms with Crippen LogP contribution in [0, 0.1) is 0 Å². The van der Waals surface area contributed by atoms with Gasteiger partial charge in [0, 0.05) is 19.4 Å². The van der Waals surface area contributed by atoms with Gasteiger partial charge in [0.15, 0.2) is 6.10 Å². The van der Waals surface area contributed by atoms with Crippen molar-refractivity contribution in [3.63, 3.8) is 0 Å². The molecule has 0 radical (unpaired) electrons. The van der Waals surface area contributed by atoms with Crippen LogP contribution in [0.2, 0.25) is 0 Å². The third-order valence-electron chi connectivity index (χ3n) is 8.27. The smallest absolute Gasteiger partial charge is 0.462 e. The maximum absolute atomic E-state index is 12.6. The van der Waals surface area contributed by atoms with E-state index in [1.165, 1.54) is 19.3 Å². The lowest BCUT2D eigenvalue weighted by Crippen LogP contribution is -2.29. The number of aliphatic hydroxyl groups is 2. The Kier molecular flexibility index (Phi) is 36.4. The van der Waals surface area contributed by atoms with Gasteiger partial charge in [-0.15, -0.1) is 0 Å². The van der Waals surface area contributed by atoms with Gasteiger partial charge in [0.25, 0.3) is 0 Å². The fourth-order valence-electron chi connectivity index (χ4n) is 5.11. The first-order valence-electron chi connectivity index (χ1n) is 20.6. The molecule has 4 atom stereocenters. The average Bonchev–Trinajstić information content (AvgIpc) is 3.16. The maximum atomic E-state index is 12.6. The van der Waals surface area contributed by atoms with Crippen LogP contribution in [0.4, 0.5) is 0 Å². The molecule has 0 aromatic rings. The molecule has 11 nitrogen and oxygen atoms in total. The molecule has 0 heterocycles. The molecule has 1 unspecified atom stereocenters. The van der Waals surface area contributed by atoms with Gasteiger partial charge in [0.05, 0.1) is 25.4 Å². The number of allylic oxidation sites excluding steroid dienone is 10. The predicted octanol–water partition coefficient (Wildman–Crippen LogP) is 9.43. The lowest BCUT2D eigenvalue weighted by molar-refractivity contribution is -0.161. The Balaban J connectivity index is 4.48. The zero-order valence-corrected chi connectivity index (χ0v) is 34.7. The summed E-state index contributed by atoms with van der Waals surface area (Å²) >= 11 is 0. The van der Waals surface area contributed by atoms with Gasteiger partial charge in [-0.2, -0.15) is 0 Å². The van der Waals surface area contributed by atoms with Crippen LogP contribution in [0.25, 0.3) is 0 Å². The molecule has 0 bridgehead atoms. The van der Waals surface area contributed by atoms with Gasteiger partial charge in [-0.25, -0.2) is 4.57 Å². The van der Waals surface area contributed by atoms with Gasteiger partial charge >= 0.3 is 19.8 Å². The first-order valence-corrected chi connectivity index (χ1v) is 22.1. The fourth-order valence-corrected chi connectivity index (χ4v) is 5.88. The molecule has 0 saturated heterocycles. The van der Waals surface area contributed by atoms with Crippen molar-refractivity contribution in [3.05, 3.63) is 72.9 Å². The molecule has 0 aliphatic heterocycles. The van der Waals surface area contributed by atoms with Crippen LogP contribution in [-0.4, -0.2) is 71.7 Å². The van der Waals surface area contributed by atoms with Crippen molar-refractivity contribution < 1.29 is 47.8 Å². The Bertz CT molecular complexity index is 1170. The highest BCUT2D eigenvalue weighted by atomic mass is 31.2. The van der Waals surface area contributed by atoms with Crippen molar-refractivity contribution in [1.82, 2.24) is 0 Å². The number of phosphoric ester groups is 1. The molecule has 0 aliphatic rings. The molecular formula is C43H74NO10P. The number of rotatable bonds is 37. The highest BCUT2D eigenvalue weighted by molar-refractivity contribution is 7.47. The van der Waals surface area contributed by atoms with Crippen LogP contribution >= 0.6 is 7.82 Å². The summed E-state index contributed by atoms with van der Waals surface area (Å²) in [5.41, 5.74) is 5.32. The summed E-state index contributed by atoms with van der Waals surface area (Å²) < 4.78 is 32.5. The number of hydrogen-bond donors (Lipinski definition) is 4. The molecule has 0 aliphatic carbocycles. The quantitative estimate of drug-likeness (QED) is 0.0155. The highest BCUT2D eigenvalue weighted by Gasteiger charge is 2.26. The van der Waals surface area contributed by atoms with Crippen LogP contribution in [0.3, 0.4) is 0 Å². The van der Waals surface area contributed by atoms with E-state index in [0.717, 1.165) is 70.6 Å². The van der Waals surface area contributed by atoms with Crippen molar-refractivity contribution in [1.29, 1.82) is 0 Å². The standard InChI is InChI=1S/C43H74NO10P/c1-3-5-7-8-9-10-11-12-13-14-15-16-20-23-27-33-42(47)51-37-41(38-53-55(49,50)52-36-35-44)54-43(48)34-28-32-40(46)31-26-22-19-17-18-21-25-30-39(45)29-24-6-4-2/h9-10,12-13,18-19,21-22,25-26,30-31,39-41,45-46H,3-8,11,14-17,20,23-24,27-29,32-38,44H2,1-2H3,(H,49,50)/b10-9-,13-12-,21-18-,22-19-,30-25+,31-26+/t39-,40-,41-/m1/s1. The number of nitrogens with two attached hydrogens (primary N) is 1. The Hall–Kier alpha value is -2.63. The van der Waals surface area contributed by atoms with Crippen LogP contribution in [0.15, 0.2) is 72.9 Å². The van der Waals surface area contributed by atoms with Gasteiger partial charge in [-0.05, 0) is 64.2 Å². The summed E-state index contributed by atoms with van der Waals surface area (Å²) in [6, 6.07) is 0. The van der Waals surface area contributed by atoms with E-state index in [1.54, 1.807) is 18.2 Å². The first-order chi connectivity index (χ1) is 26.6. The number of carbonyl (C=O) groups excluding carboxylic acids is 2. The first kappa shape index (κ1) is 52.4. The van der Waals surface area contributed by atoms with E-state index in [4.69, 9.17) is 24.3 Å². The normalized spacial score (nSPS) is 15.2. The summed E-state index contributed by atoms with van der Waals surface area (Å²) in [5.74, 6) is -1.08. The van der Waals surface area contributed by atoms with Crippen molar-refractivity contribution in [2.45, 2.75) is 161 Å². The Labute approximate surface area is 332 Å². The van der Waals surface area contributed by atoms with Crippen molar-refractivity contribution in [3.8, 4) is 0 Å². The second-order valence-electron chi connectivity index (χ2n) is 13.5. The van der Waals surface area contributed by atoms with Gasteiger partial charge in [-0.3, -0.25) is 18.6 Å². The average molecular weight is 796 g/mol. The van der Waals surface area contributed by atoms with Gasteiger partial charge in [-0.1, -0.05) is 138 Å². The molecule has 5 N–H and O–H groups in total. The summed E-state index contributed by atoms with van der Waals surface area (Å²) in [6.07, 6.45) is 38.6. The van der Waals surface area contributed by atoms with Crippen LogP contribution in [-0.2, 0) is 32.7 Å². The second kappa shape index (κ2) is 38.3. The summed E-state index contributed by atoms with van der Waals surface area (Å²) in [7, 11) is -4.45. The fraction of sp³-hybridized carbons (Fsp3) is 0.674. The molecule has 0 fully saturated rings. The zero-order valence-electron chi connectivity index (χ0n) is 33.9. The number of hydrogen-bond acceptors (Lipinski definition) is 10. The minimum atomic E-state index is -4.45. The molecule has 0 spiro atoms. The van der Waals surface area contributed by atoms with Crippen molar-refractivity contribution >= 4 is 19.8 Å². The van der Waals surface area contributed by atoms with E-state index in [9.17, 15) is 29.3 Å². The number of aliphatic hydroxyl groups excluding tert-OH is 2. The topological polar surface area (TPSA) is 175 Å². The molecule has 55 heavy (non-hydrogen) atoms. The number of esters is 2. The van der Waals surface area contributed by atoms with Gasteiger partial charge in [0.2, 0.25) is 0 Å². The molecule has 0 amide bonds. The number of carbonyl (C=O) groups is 2. The summed E-state index contributed by atoms with van der Waals surface area (Å²) in [5, 5.41) is 20.1. The van der Waals surface area contributed by atoms with Crippen LogP contribution in [0.5, 0.6) is 0 Å². The third kappa shape index (κ3) is 38.0. The SMILES string of the molecule is CCCCC/C=C\C/C=C\CCCCCCCC(=O)OC[C@H](COP(=O)(O)OCCN)OC(=O)CCC[C@H](O)/C=C/C=C\C/C=C\C=C\[C@H](O)CCCCC. The molecular weight excluding hydrogens is 721 g/mol. The van der Waals surface area contributed by atoms with E-state index in [1.807, 2.05) is 30.4 Å². The van der Waals surface area contributed by atoms with Crippen LogP contribution < -0.4 is 5.73 Å². The molecule has 0 saturated carbocycles. The predicted molar refractivity (Wildman–Crippen MR) is 222 cm³/mol. The summed E-state index contributed by atoms with van der Waals surface area (Å²) in [6.45, 7) is 3.29. The Morgan fingerprint density at radius 2 is 1.18 bits per heavy atom. The van der Waals surface area contributed by atoms with Crippen LogP contribution in [0.1, 0.15) is 142 Å². The number of unbranched alkanes of at least 4 members (excludes halogenated alkanes) is 10. The van der Waals surface area contributed by atoms with E-state index in [0.29, 0.717) is 25.7 Å². The van der Waals surface area contributed by atoms with E-state index in [2.05, 4.69) is 38.2 Å². The van der Waals surface area contributed by atoms with E-state index >= 15 is 0 Å². The zero-order chi connectivity index (χ0) is 40.7. The Morgan fingerprint density at radius 1 is 0.636 bits per heavy atom. The van der Waals surface area contributed by atoms with E-state index < -0.39 is 44.7 Å². The summed E-state index contributed by atoms with van der Waals surface area (Å²) in [4.78, 5) is 34.8. The largest absolute Gasteiger partial charge is 0.472 e. The molecule has 0 aromatic carbocycles. The monoisotopic (exact) mass is 796 g/mol. The van der Waals surface area contributed by atoms with Crippen molar-refractivity contribution in [2.24, 2.45) is 5.73 Å². The Morgan fingerprint density at radius 3 is 1.82 bits per heavy atom. The third-order valence-corrected chi connectivity index (χ3v) is 9.26. The molecule has 0 rings (SSSR count). The van der Waals surface area contributed by atoms with E-state index in [-0.39, 0.29) is 32.6 Å².